The van der Waals surface area contributed by atoms with Gasteiger partial charge in [-0.25, -0.2) is 0 Å². The highest BCUT2D eigenvalue weighted by Crippen LogP contribution is 2.36. The zero-order valence-corrected chi connectivity index (χ0v) is 12.4. The molecule has 102 valence electrons. The van der Waals surface area contributed by atoms with Crippen molar-refractivity contribution in [1.29, 1.82) is 0 Å². The molecule has 1 unspecified atom stereocenters. The van der Waals surface area contributed by atoms with Gasteiger partial charge in [0, 0.05) is 19.1 Å². The molecular formula is C15H32N2. The molecule has 0 radical (unpaired) electrons. The van der Waals surface area contributed by atoms with E-state index in [1.165, 1.54) is 51.7 Å². The van der Waals surface area contributed by atoms with E-state index in [2.05, 4.69) is 37.9 Å². The summed E-state index contributed by atoms with van der Waals surface area (Å²) in [6.45, 7) is 14.2. The number of rotatable bonds is 8. The summed E-state index contributed by atoms with van der Waals surface area (Å²) in [5.41, 5.74) is 0.628. The van der Waals surface area contributed by atoms with E-state index in [0.29, 0.717) is 11.5 Å². The topological polar surface area (TPSA) is 15.3 Å². The molecule has 1 heterocycles. The second-order valence-electron chi connectivity index (χ2n) is 5.74. The number of nitrogens with one attached hydrogen (secondary N) is 1. The fourth-order valence-corrected chi connectivity index (χ4v) is 3.22. The Morgan fingerprint density at radius 1 is 1.18 bits per heavy atom. The van der Waals surface area contributed by atoms with Crippen molar-refractivity contribution in [2.24, 2.45) is 5.41 Å². The minimum Gasteiger partial charge on any atom is -0.313 e. The summed E-state index contributed by atoms with van der Waals surface area (Å²) in [5, 5.41) is 3.63. The summed E-state index contributed by atoms with van der Waals surface area (Å²) >= 11 is 0. The van der Waals surface area contributed by atoms with Crippen LogP contribution < -0.4 is 5.32 Å². The highest BCUT2D eigenvalue weighted by Gasteiger charge is 2.35. The highest BCUT2D eigenvalue weighted by atomic mass is 15.2. The van der Waals surface area contributed by atoms with Crippen molar-refractivity contribution in [1.82, 2.24) is 10.2 Å². The van der Waals surface area contributed by atoms with Crippen LogP contribution in [-0.2, 0) is 0 Å². The lowest BCUT2D eigenvalue weighted by molar-refractivity contribution is 0.222. The van der Waals surface area contributed by atoms with Gasteiger partial charge in [0.1, 0.15) is 0 Å². The lowest BCUT2D eigenvalue weighted by Gasteiger charge is -2.28. The van der Waals surface area contributed by atoms with E-state index in [4.69, 9.17) is 0 Å². The molecule has 0 bridgehead atoms. The van der Waals surface area contributed by atoms with Crippen molar-refractivity contribution < 1.29 is 0 Å². The van der Waals surface area contributed by atoms with Crippen molar-refractivity contribution in [3.63, 3.8) is 0 Å². The minimum atomic E-state index is 0.628. The van der Waals surface area contributed by atoms with Crippen LogP contribution >= 0.6 is 0 Å². The zero-order chi connectivity index (χ0) is 12.7. The van der Waals surface area contributed by atoms with Gasteiger partial charge in [-0.15, -0.1) is 0 Å². The Labute approximate surface area is 108 Å². The molecule has 0 spiro atoms. The van der Waals surface area contributed by atoms with Crippen LogP contribution in [0.15, 0.2) is 0 Å². The van der Waals surface area contributed by atoms with Crippen LogP contribution in [0.25, 0.3) is 0 Å². The quantitative estimate of drug-likeness (QED) is 0.700. The molecule has 1 fully saturated rings. The molecule has 0 aromatic heterocycles. The largest absolute Gasteiger partial charge is 0.313 e. The van der Waals surface area contributed by atoms with Crippen molar-refractivity contribution >= 4 is 0 Å². The van der Waals surface area contributed by atoms with E-state index in [1.54, 1.807) is 0 Å². The van der Waals surface area contributed by atoms with E-state index in [-0.39, 0.29) is 0 Å². The van der Waals surface area contributed by atoms with Gasteiger partial charge in [0.15, 0.2) is 0 Å². The molecule has 1 N–H and O–H groups in total. The highest BCUT2D eigenvalue weighted by molar-refractivity contribution is 4.89. The lowest BCUT2D eigenvalue weighted by atomic mass is 9.82. The van der Waals surface area contributed by atoms with Gasteiger partial charge >= 0.3 is 0 Å². The molecule has 1 rings (SSSR count). The molecule has 0 aliphatic carbocycles. The predicted molar refractivity (Wildman–Crippen MR) is 76.4 cm³/mol. The first kappa shape index (κ1) is 15.0. The number of likely N-dealkylation sites (tertiary alicyclic amines) is 1. The molecule has 1 saturated heterocycles. The SMILES string of the molecule is CCCC(CN1CCC(CC)(CC)C1)NCC. The Bertz CT molecular complexity index is 193. The summed E-state index contributed by atoms with van der Waals surface area (Å²) in [6, 6.07) is 0.703. The second-order valence-corrected chi connectivity index (χ2v) is 5.74. The van der Waals surface area contributed by atoms with E-state index < -0.39 is 0 Å². The summed E-state index contributed by atoms with van der Waals surface area (Å²) in [6.07, 6.45) is 6.71. The molecule has 17 heavy (non-hydrogen) atoms. The third kappa shape index (κ3) is 4.26. The molecule has 0 saturated carbocycles. The van der Waals surface area contributed by atoms with Crippen molar-refractivity contribution in [2.75, 3.05) is 26.2 Å². The molecule has 2 nitrogen and oxygen atoms in total. The van der Waals surface area contributed by atoms with Gasteiger partial charge in [-0.05, 0) is 44.2 Å². The van der Waals surface area contributed by atoms with Gasteiger partial charge in [-0.3, -0.25) is 0 Å². The van der Waals surface area contributed by atoms with E-state index in [0.717, 1.165) is 6.54 Å². The molecule has 0 amide bonds. The van der Waals surface area contributed by atoms with Crippen LogP contribution in [0, 0.1) is 5.41 Å². The molecule has 1 atom stereocenters. The maximum Gasteiger partial charge on any atom is 0.0194 e. The number of likely N-dealkylation sites (N-methyl/N-ethyl adjacent to an activating group) is 1. The van der Waals surface area contributed by atoms with Crippen LogP contribution in [0.5, 0.6) is 0 Å². The van der Waals surface area contributed by atoms with E-state index in [9.17, 15) is 0 Å². The van der Waals surface area contributed by atoms with Crippen molar-refractivity contribution in [2.45, 2.75) is 65.8 Å². The Morgan fingerprint density at radius 3 is 2.35 bits per heavy atom. The third-order valence-corrected chi connectivity index (χ3v) is 4.63. The summed E-state index contributed by atoms with van der Waals surface area (Å²) < 4.78 is 0. The Morgan fingerprint density at radius 2 is 1.88 bits per heavy atom. The molecule has 0 aromatic carbocycles. The van der Waals surface area contributed by atoms with Crippen LogP contribution in [0.2, 0.25) is 0 Å². The third-order valence-electron chi connectivity index (χ3n) is 4.63. The zero-order valence-electron chi connectivity index (χ0n) is 12.4. The minimum absolute atomic E-state index is 0.628. The maximum absolute atomic E-state index is 3.63. The Kier molecular flexibility index (Phi) is 6.50. The summed E-state index contributed by atoms with van der Waals surface area (Å²) in [4.78, 5) is 2.69. The van der Waals surface area contributed by atoms with Gasteiger partial charge in [0.05, 0.1) is 0 Å². The standard InChI is InChI=1S/C15H32N2/c1-5-9-14(16-8-4)12-17-11-10-15(6-2,7-3)13-17/h14,16H,5-13H2,1-4H3. The average Bonchev–Trinajstić information content (AvgIpc) is 2.74. The first-order valence-corrected chi connectivity index (χ1v) is 7.65. The molecule has 1 aliphatic heterocycles. The lowest BCUT2D eigenvalue weighted by Crippen LogP contribution is -2.40. The average molecular weight is 240 g/mol. The predicted octanol–water partition coefficient (Wildman–Crippen LogP) is 3.28. The van der Waals surface area contributed by atoms with Gasteiger partial charge in [-0.2, -0.15) is 0 Å². The van der Waals surface area contributed by atoms with Crippen LogP contribution in [0.3, 0.4) is 0 Å². The maximum atomic E-state index is 3.63. The first-order chi connectivity index (χ1) is 8.19. The van der Waals surface area contributed by atoms with Crippen molar-refractivity contribution in [3.05, 3.63) is 0 Å². The molecule has 2 heteroatoms. The summed E-state index contributed by atoms with van der Waals surface area (Å²) in [5.74, 6) is 0. The first-order valence-electron chi connectivity index (χ1n) is 7.65. The smallest absolute Gasteiger partial charge is 0.0194 e. The Balaban J connectivity index is 2.41. The Hall–Kier alpha value is -0.0800. The summed E-state index contributed by atoms with van der Waals surface area (Å²) in [7, 11) is 0. The van der Waals surface area contributed by atoms with Crippen molar-refractivity contribution in [3.8, 4) is 0 Å². The molecule has 0 aromatic rings. The van der Waals surface area contributed by atoms with Gasteiger partial charge in [0.25, 0.3) is 0 Å². The van der Waals surface area contributed by atoms with Gasteiger partial charge in [-0.1, -0.05) is 34.1 Å². The van der Waals surface area contributed by atoms with Gasteiger partial charge < -0.3 is 10.2 Å². The monoisotopic (exact) mass is 240 g/mol. The number of nitrogens with zero attached hydrogens (tertiary/aromatic N) is 1. The fraction of sp³-hybridized carbons (Fsp3) is 1.00. The molecular weight excluding hydrogens is 208 g/mol. The fourth-order valence-electron chi connectivity index (χ4n) is 3.22. The van der Waals surface area contributed by atoms with Crippen LogP contribution in [-0.4, -0.2) is 37.1 Å². The normalized spacial score (nSPS) is 21.9. The van der Waals surface area contributed by atoms with Crippen LogP contribution in [0.4, 0.5) is 0 Å². The van der Waals surface area contributed by atoms with Crippen LogP contribution in [0.1, 0.15) is 59.8 Å². The molecule has 1 aliphatic rings. The number of hydrogen-bond acceptors (Lipinski definition) is 2. The number of hydrogen-bond donors (Lipinski definition) is 1. The van der Waals surface area contributed by atoms with Gasteiger partial charge in [0.2, 0.25) is 0 Å². The van der Waals surface area contributed by atoms with E-state index >= 15 is 0 Å². The second kappa shape index (κ2) is 7.38. The van der Waals surface area contributed by atoms with E-state index in [1.807, 2.05) is 0 Å².